The van der Waals surface area contributed by atoms with Crippen LogP contribution >= 0.6 is 58.1 Å². The third-order valence-electron chi connectivity index (χ3n) is 10.0. The van der Waals surface area contributed by atoms with Gasteiger partial charge in [0.2, 0.25) is 5.82 Å². The van der Waals surface area contributed by atoms with Crippen LogP contribution in [0.5, 0.6) is 11.5 Å². The number of carboxylic acids is 1. The number of aliphatic carboxylic acids is 1. The number of hydroxylamine groups is 1. The number of oxime groups is 1. The van der Waals surface area contributed by atoms with Crippen LogP contribution in [0.25, 0.3) is 5.78 Å². The van der Waals surface area contributed by atoms with Crippen LogP contribution in [0.1, 0.15) is 38.7 Å². The molecule has 3 aliphatic heterocycles. The number of nitrogen functional groups attached to an aromatic ring is 1. The second-order valence-corrected chi connectivity index (χ2v) is 17.8. The summed E-state index contributed by atoms with van der Waals surface area (Å²) in [5, 5.41) is 31.9. The molecule has 64 heavy (non-hydrogen) atoms. The average molecular weight is 962 g/mol. The first-order valence-corrected chi connectivity index (χ1v) is 22.5. The molecule has 0 spiro atoms. The number of benzene rings is 3. The lowest BCUT2D eigenvalue weighted by molar-refractivity contribution is -0.150. The number of fused-ring (bicyclic) bond motifs is 3. The highest BCUT2D eigenvalue weighted by molar-refractivity contribution is 8.01. The molecule has 0 aliphatic carbocycles. The molecule has 326 valence electrons. The van der Waals surface area contributed by atoms with Crippen molar-refractivity contribution in [3.63, 3.8) is 0 Å². The SMILES string of the molecule is Cc1cc(SCC2=C(C(=O)O)N3C(=O)[C@@H](NC(=O)/C(=N/OCc4cc(Cl)c5c(c4Cl)OC(c4ccccc4)(c4ccccc4)O5)c4csc(N)n4)[C@H]3SC2)n2nc(C(=O)NO)nc2n1. The van der Waals surface area contributed by atoms with E-state index in [2.05, 4.69) is 30.5 Å². The number of amides is 3. The van der Waals surface area contributed by atoms with Crippen molar-refractivity contribution < 1.29 is 43.8 Å². The van der Waals surface area contributed by atoms with Gasteiger partial charge in [0.1, 0.15) is 34.4 Å². The van der Waals surface area contributed by atoms with Crippen molar-refractivity contribution >= 4 is 98.4 Å². The molecular weight excluding hydrogens is 932 g/mol. The number of carboxylic acid groups (broad SMARTS) is 1. The summed E-state index contributed by atoms with van der Waals surface area (Å²) in [6.07, 6.45) is 0. The number of hydrogen-bond donors (Lipinski definition) is 5. The Morgan fingerprint density at radius 2 is 1.75 bits per heavy atom. The zero-order valence-corrected chi connectivity index (χ0v) is 36.7. The van der Waals surface area contributed by atoms with Gasteiger partial charge in [0, 0.05) is 39.3 Å². The predicted octanol–water partition coefficient (Wildman–Crippen LogP) is 5.02. The van der Waals surface area contributed by atoms with Gasteiger partial charge in [-0.25, -0.2) is 20.2 Å². The standard InChI is InChI=1S/C40H30Cl2N10O9S3/c1-18-12-25(52-39(44-18)47-32(48-52)34(54)49-58)62-15-20-16-63-36-28(35(55)51(36)29(20)37(56)57)46-33(53)27(24-17-64-38(43)45-24)50-59-14-19-13-23(41)30-31(26(19)42)61-40(60-30,21-8-4-2-5-9-21)22-10-6-3-7-11-22/h2-13,17,28,36,58H,14-16H2,1H3,(H2,43,45)(H,46,53)(H,49,54)(H,56,57)/b50-27+/t28-,36-/m1/s1. The summed E-state index contributed by atoms with van der Waals surface area (Å²) in [6.45, 7) is 1.41. The molecule has 6 heterocycles. The van der Waals surface area contributed by atoms with E-state index in [4.69, 9.17) is 48.5 Å². The molecule has 0 radical (unpaired) electrons. The number of anilines is 1. The number of ether oxygens (including phenoxy) is 2. The summed E-state index contributed by atoms with van der Waals surface area (Å²) in [5.41, 5.74) is 9.62. The van der Waals surface area contributed by atoms with E-state index in [9.17, 15) is 24.3 Å². The van der Waals surface area contributed by atoms with Crippen LogP contribution in [0.2, 0.25) is 10.0 Å². The van der Waals surface area contributed by atoms with Gasteiger partial charge < -0.3 is 30.5 Å². The first-order valence-electron chi connectivity index (χ1n) is 18.8. The van der Waals surface area contributed by atoms with Crippen LogP contribution < -0.4 is 26.0 Å². The van der Waals surface area contributed by atoms with Crippen LogP contribution in [0.4, 0.5) is 5.13 Å². The van der Waals surface area contributed by atoms with Crippen molar-refractivity contribution in [2.24, 2.45) is 5.16 Å². The lowest BCUT2D eigenvalue weighted by Gasteiger charge is -2.49. The summed E-state index contributed by atoms with van der Waals surface area (Å²) in [6, 6.07) is 20.7. The summed E-state index contributed by atoms with van der Waals surface area (Å²) < 4.78 is 14.3. The van der Waals surface area contributed by atoms with Crippen molar-refractivity contribution in [2.45, 2.75) is 35.8 Å². The van der Waals surface area contributed by atoms with E-state index >= 15 is 0 Å². The molecule has 19 nitrogen and oxygen atoms in total. The molecule has 6 N–H and O–H groups in total. The van der Waals surface area contributed by atoms with Crippen molar-refractivity contribution in [2.75, 3.05) is 17.2 Å². The Labute approximate surface area is 383 Å². The van der Waals surface area contributed by atoms with Crippen molar-refractivity contribution in [1.29, 1.82) is 0 Å². The highest BCUT2D eigenvalue weighted by Gasteiger charge is 2.54. The van der Waals surface area contributed by atoms with E-state index in [1.807, 2.05) is 60.7 Å². The lowest BCUT2D eigenvalue weighted by atomic mass is 9.97. The molecule has 0 bridgehead atoms. The zero-order chi connectivity index (χ0) is 44.9. The molecule has 0 unspecified atom stereocenters. The Balaban J connectivity index is 0.919. The van der Waals surface area contributed by atoms with Crippen LogP contribution in [0, 0.1) is 6.92 Å². The maximum absolute atomic E-state index is 13.9. The molecule has 3 aromatic carbocycles. The van der Waals surface area contributed by atoms with E-state index in [1.54, 1.807) is 19.1 Å². The van der Waals surface area contributed by atoms with Gasteiger partial charge in [0.05, 0.1) is 10.0 Å². The quantitative estimate of drug-likeness (QED) is 0.0254. The van der Waals surface area contributed by atoms with E-state index in [0.29, 0.717) is 33.0 Å². The van der Waals surface area contributed by atoms with Gasteiger partial charge in [-0.3, -0.25) is 24.5 Å². The van der Waals surface area contributed by atoms with Gasteiger partial charge in [0.25, 0.3) is 17.6 Å². The number of hydrogen-bond acceptors (Lipinski definition) is 17. The predicted molar refractivity (Wildman–Crippen MR) is 234 cm³/mol. The topological polar surface area (TPSA) is 258 Å². The Kier molecular flexibility index (Phi) is 11.6. The molecule has 24 heteroatoms. The largest absolute Gasteiger partial charge is 0.477 e. The minimum atomic E-state index is -1.41. The third kappa shape index (κ3) is 7.70. The second kappa shape index (κ2) is 17.3. The number of nitrogens with zero attached hydrogens (tertiary/aromatic N) is 7. The summed E-state index contributed by atoms with van der Waals surface area (Å²) in [5.74, 6) is -4.70. The van der Waals surface area contributed by atoms with Crippen LogP contribution in [0.15, 0.2) is 99.6 Å². The normalized spacial score (nSPS) is 17.5. The fourth-order valence-corrected chi connectivity index (χ4v) is 10.7. The number of aryl methyl sites for hydroxylation is 1. The number of carbonyl (C=O) groups excluding carboxylic acids is 3. The van der Waals surface area contributed by atoms with Gasteiger partial charge >= 0.3 is 17.7 Å². The summed E-state index contributed by atoms with van der Waals surface area (Å²) in [7, 11) is 0. The maximum Gasteiger partial charge on any atom is 0.352 e. The third-order valence-corrected chi connectivity index (χ3v) is 13.8. The fraction of sp³-hybridized carbons (Fsp3) is 0.175. The number of rotatable bonds is 13. The van der Waals surface area contributed by atoms with Crippen LogP contribution in [-0.4, -0.2) is 92.1 Å². The minimum absolute atomic E-state index is 0.0626. The fourth-order valence-electron chi connectivity index (χ4n) is 7.09. The monoisotopic (exact) mass is 960 g/mol. The Morgan fingerprint density at radius 1 is 1.05 bits per heavy atom. The maximum atomic E-state index is 13.9. The van der Waals surface area contributed by atoms with Gasteiger partial charge in [-0.05, 0) is 24.6 Å². The highest BCUT2D eigenvalue weighted by Crippen LogP contribution is 2.55. The van der Waals surface area contributed by atoms with Crippen LogP contribution in [-0.2, 0) is 31.6 Å². The Hall–Kier alpha value is -6.43. The average Bonchev–Trinajstić information content (AvgIpc) is 4.05. The molecule has 9 rings (SSSR count). The molecular formula is C40H30Cl2N10O9S3. The molecule has 3 amide bonds. The van der Waals surface area contributed by atoms with Crippen molar-refractivity contribution in [3.8, 4) is 11.5 Å². The zero-order valence-electron chi connectivity index (χ0n) is 32.7. The number of thioether (sulfide) groups is 2. The number of β-lactam (4-membered cyclic amide) rings is 1. The van der Waals surface area contributed by atoms with Gasteiger partial charge in [-0.1, -0.05) is 89.0 Å². The molecule has 3 aliphatic rings. The number of aromatic nitrogens is 5. The summed E-state index contributed by atoms with van der Waals surface area (Å²) >= 11 is 17.2. The van der Waals surface area contributed by atoms with Gasteiger partial charge in [0.15, 0.2) is 22.3 Å². The Morgan fingerprint density at radius 3 is 2.41 bits per heavy atom. The molecule has 2 atom stereocenters. The van der Waals surface area contributed by atoms with E-state index in [0.717, 1.165) is 16.2 Å². The molecule has 0 saturated carbocycles. The van der Waals surface area contributed by atoms with Gasteiger partial charge in [-0.15, -0.1) is 40.0 Å². The van der Waals surface area contributed by atoms with E-state index in [1.165, 1.54) is 38.9 Å². The van der Waals surface area contributed by atoms with E-state index in [-0.39, 0.29) is 73.5 Å². The van der Waals surface area contributed by atoms with E-state index < -0.39 is 40.9 Å². The molecule has 1 fully saturated rings. The molecule has 3 aromatic heterocycles. The number of thiazole rings is 1. The number of nitrogens with one attached hydrogen (secondary N) is 2. The second-order valence-electron chi connectivity index (χ2n) is 14.1. The summed E-state index contributed by atoms with van der Waals surface area (Å²) in [4.78, 5) is 71.5. The first-order chi connectivity index (χ1) is 30.9. The lowest BCUT2D eigenvalue weighted by Crippen LogP contribution is -2.71. The first kappa shape index (κ1) is 42.9. The van der Waals surface area contributed by atoms with Crippen molar-refractivity contribution in [3.05, 3.63) is 133 Å². The smallest absolute Gasteiger partial charge is 0.352 e. The number of halogens is 2. The minimum Gasteiger partial charge on any atom is -0.477 e. The van der Waals surface area contributed by atoms with Gasteiger partial charge in [-0.2, -0.15) is 9.50 Å². The number of carbonyl (C=O) groups is 4. The number of nitrogens with two attached hydrogens (primary N) is 1. The van der Waals surface area contributed by atoms with Crippen molar-refractivity contribution in [1.82, 2.24) is 40.3 Å². The molecule has 1 saturated heterocycles. The highest BCUT2D eigenvalue weighted by atomic mass is 35.5. The molecule has 6 aromatic rings. The Bertz CT molecular complexity index is 2910. The van der Waals surface area contributed by atoms with Crippen LogP contribution in [0.3, 0.4) is 0 Å².